The van der Waals surface area contributed by atoms with Gasteiger partial charge in [0, 0.05) is 20.4 Å². The SMILES string of the molecule is C#C[C@@H](NC(=O)c1cn(C)nc1COC)C(C)C. The molecule has 5 nitrogen and oxygen atoms in total. The molecule has 5 heteroatoms. The smallest absolute Gasteiger partial charge is 0.255 e. The van der Waals surface area contributed by atoms with Crippen molar-refractivity contribution in [1.82, 2.24) is 15.1 Å². The molecule has 0 saturated carbocycles. The van der Waals surface area contributed by atoms with E-state index in [9.17, 15) is 4.79 Å². The largest absolute Gasteiger partial charge is 0.378 e. The number of amides is 1. The summed E-state index contributed by atoms with van der Waals surface area (Å²) in [5.74, 6) is 2.54. The molecule has 1 aromatic heterocycles. The summed E-state index contributed by atoms with van der Waals surface area (Å²) in [7, 11) is 3.33. The maximum Gasteiger partial charge on any atom is 0.255 e. The van der Waals surface area contributed by atoms with E-state index in [1.807, 2.05) is 13.8 Å². The number of nitrogens with zero attached hydrogens (tertiary/aromatic N) is 2. The van der Waals surface area contributed by atoms with Crippen LogP contribution in [0.2, 0.25) is 0 Å². The van der Waals surface area contributed by atoms with Crippen molar-refractivity contribution in [1.29, 1.82) is 0 Å². The number of terminal acetylenes is 1. The van der Waals surface area contributed by atoms with Gasteiger partial charge in [0.25, 0.3) is 5.91 Å². The number of carbonyl (C=O) groups excluding carboxylic acids is 1. The molecule has 0 aliphatic carbocycles. The van der Waals surface area contributed by atoms with Gasteiger partial charge in [0.1, 0.15) is 5.69 Å². The number of carbonyl (C=O) groups is 1. The highest BCUT2D eigenvalue weighted by atomic mass is 16.5. The van der Waals surface area contributed by atoms with Crippen molar-refractivity contribution in [3.63, 3.8) is 0 Å². The quantitative estimate of drug-likeness (QED) is 0.791. The van der Waals surface area contributed by atoms with Gasteiger partial charge in [0.2, 0.25) is 0 Å². The zero-order valence-electron chi connectivity index (χ0n) is 11.2. The van der Waals surface area contributed by atoms with Crippen LogP contribution in [0.4, 0.5) is 0 Å². The highest BCUT2D eigenvalue weighted by molar-refractivity contribution is 5.95. The Labute approximate surface area is 108 Å². The van der Waals surface area contributed by atoms with Crippen molar-refractivity contribution >= 4 is 5.91 Å². The number of methoxy groups -OCH3 is 1. The number of hydrogen-bond donors (Lipinski definition) is 1. The minimum atomic E-state index is -0.284. The fourth-order valence-electron chi connectivity index (χ4n) is 1.59. The monoisotopic (exact) mass is 249 g/mol. The van der Waals surface area contributed by atoms with Crippen LogP contribution in [0.3, 0.4) is 0 Å². The molecule has 1 N–H and O–H groups in total. The van der Waals surface area contributed by atoms with Gasteiger partial charge in [0.05, 0.1) is 18.2 Å². The van der Waals surface area contributed by atoms with Crippen LogP contribution in [-0.2, 0) is 18.4 Å². The normalized spacial score (nSPS) is 12.2. The van der Waals surface area contributed by atoms with Crippen molar-refractivity contribution in [2.45, 2.75) is 26.5 Å². The first-order valence-corrected chi connectivity index (χ1v) is 5.78. The molecule has 1 heterocycles. The van der Waals surface area contributed by atoms with Crippen molar-refractivity contribution in [2.24, 2.45) is 13.0 Å². The minimum Gasteiger partial charge on any atom is -0.378 e. The minimum absolute atomic E-state index is 0.182. The van der Waals surface area contributed by atoms with Crippen LogP contribution >= 0.6 is 0 Å². The summed E-state index contributed by atoms with van der Waals surface area (Å²) in [6, 6.07) is -0.284. The Kier molecular flexibility index (Phi) is 4.93. The molecular weight excluding hydrogens is 230 g/mol. The maximum absolute atomic E-state index is 12.1. The fraction of sp³-hybridized carbons (Fsp3) is 0.538. The van der Waals surface area contributed by atoms with E-state index in [0.29, 0.717) is 17.9 Å². The van der Waals surface area contributed by atoms with Crippen LogP contribution in [0.5, 0.6) is 0 Å². The predicted octanol–water partition coefficient (Wildman–Crippen LogP) is 0.954. The lowest BCUT2D eigenvalue weighted by Crippen LogP contribution is -2.37. The Morgan fingerprint density at radius 3 is 2.83 bits per heavy atom. The van der Waals surface area contributed by atoms with Crippen LogP contribution in [0, 0.1) is 18.3 Å². The molecule has 0 aliphatic heterocycles. The number of aryl methyl sites for hydroxylation is 1. The van der Waals surface area contributed by atoms with E-state index >= 15 is 0 Å². The fourth-order valence-corrected chi connectivity index (χ4v) is 1.59. The Morgan fingerprint density at radius 2 is 2.33 bits per heavy atom. The molecule has 1 aromatic rings. The summed E-state index contributed by atoms with van der Waals surface area (Å²) in [6.07, 6.45) is 7.06. The molecule has 1 atom stereocenters. The van der Waals surface area contributed by atoms with E-state index in [1.165, 1.54) is 0 Å². The van der Waals surface area contributed by atoms with Gasteiger partial charge in [0.15, 0.2) is 0 Å². The van der Waals surface area contributed by atoms with Crippen molar-refractivity contribution in [3.8, 4) is 12.3 Å². The third-order valence-electron chi connectivity index (χ3n) is 2.56. The van der Waals surface area contributed by atoms with Gasteiger partial charge in [-0.05, 0) is 5.92 Å². The average Bonchev–Trinajstić information content (AvgIpc) is 2.67. The summed E-state index contributed by atoms with van der Waals surface area (Å²) >= 11 is 0. The summed E-state index contributed by atoms with van der Waals surface area (Å²) in [5.41, 5.74) is 1.11. The summed E-state index contributed by atoms with van der Waals surface area (Å²) < 4.78 is 6.60. The molecule has 0 spiro atoms. The molecule has 0 saturated heterocycles. The van der Waals surface area contributed by atoms with E-state index in [1.54, 1.807) is 25.0 Å². The first kappa shape index (κ1) is 14.3. The molecule has 0 unspecified atom stereocenters. The summed E-state index contributed by atoms with van der Waals surface area (Å²) in [4.78, 5) is 12.1. The average molecular weight is 249 g/mol. The molecule has 1 amide bonds. The number of ether oxygens (including phenoxy) is 1. The molecule has 98 valence electrons. The summed E-state index contributed by atoms with van der Waals surface area (Å²) in [6.45, 7) is 4.22. The first-order valence-electron chi connectivity index (χ1n) is 5.78. The third kappa shape index (κ3) is 3.34. The van der Waals surface area contributed by atoms with Gasteiger partial charge >= 0.3 is 0 Å². The summed E-state index contributed by atoms with van der Waals surface area (Å²) in [5, 5.41) is 6.99. The lowest BCUT2D eigenvalue weighted by Gasteiger charge is -2.16. The molecular formula is C13H19N3O2. The number of rotatable bonds is 5. The van der Waals surface area contributed by atoms with Gasteiger partial charge in [-0.2, -0.15) is 5.10 Å². The standard InChI is InChI=1S/C13H19N3O2/c1-6-11(9(2)3)14-13(17)10-7-16(4)15-12(10)8-18-5/h1,7,9,11H,8H2,2-5H3,(H,14,17)/t11-/m1/s1. The Hall–Kier alpha value is -1.80. The Morgan fingerprint density at radius 1 is 1.67 bits per heavy atom. The number of hydrogen-bond acceptors (Lipinski definition) is 3. The van der Waals surface area contributed by atoms with Gasteiger partial charge < -0.3 is 10.1 Å². The number of aromatic nitrogens is 2. The number of nitrogens with one attached hydrogen (secondary N) is 1. The lowest BCUT2D eigenvalue weighted by molar-refractivity contribution is 0.0933. The third-order valence-corrected chi connectivity index (χ3v) is 2.56. The maximum atomic E-state index is 12.1. The van der Waals surface area contributed by atoms with E-state index in [-0.39, 0.29) is 17.9 Å². The van der Waals surface area contributed by atoms with E-state index in [0.717, 1.165) is 0 Å². The molecule has 0 aromatic carbocycles. The molecule has 0 bridgehead atoms. The van der Waals surface area contributed by atoms with E-state index < -0.39 is 0 Å². The second kappa shape index (κ2) is 6.22. The molecule has 0 radical (unpaired) electrons. The van der Waals surface area contributed by atoms with Crippen molar-refractivity contribution < 1.29 is 9.53 Å². The molecule has 1 rings (SSSR count). The molecule has 18 heavy (non-hydrogen) atoms. The van der Waals surface area contributed by atoms with Crippen molar-refractivity contribution in [3.05, 3.63) is 17.5 Å². The van der Waals surface area contributed by atoms with Crippen molar-refractivity contribution in [2.75, 3.05) is 7.11 Å². The Bertz CT molecular complexity index is 457. The van der Waals surface area contributed by atoms with Crippen LogP contribution < -0.4 is 5.32 Å². The Balaban J connectivity index is 2.87. The van der Waals surface area contributed by atoms with Crippen LogP contribution in [0.1, 0.15) is 29.9 Å². The van der Waals surface area contributed by atoms with Gasteiger partial charge in [-0.3, -0.25) is 9.48 Å². The van der Waals surface area contributed by atoms with Crippen LogP contribution in [0.15, 0.2) is 6.20 Å². The van der Waals surface area contributed by atoms with Gasteiger partial charge in [-0.1, -0.05) is 19.8 Å². The first-order chi connectivity index (χ1) is 8.49. The second-order valence-corrected chi connectivity index (χ2v) is 4.46. The van der Waals surface area contributed by atoms with Crippen LogP contribution in [-0.4, -0.2) is 28.8 Å². The predicted molar refractivity (Wildman–Crippen MR) is 68.8 cm³/mol. The van der Waals surface area contributed by atoms with Gasteiger partial charge in [-0.25, -0.2) is 0 Å². The van der Waals surface area contributed by atoms with E-state index in [4.69, 9.17) is 11.2 Å². The second-order valence-electron chi connectivity index (χ2n) is 4.46. The topological polar surface area (TPSA) is 56.2 Å². The zero-order valence-corrected chi connectivity index (χ0v) is 11.2. The molecule has 0 fully saturated rings. The zero-order chi connectivity index (χ0) is 13.7. The van der Waals surface area contributed by atoms with Crippen LogP contribution in [0.25, 0.3) is 0 Å². The van der Waals surface area contributed by atoms with E-state index in [2.05, 4.69) is 16.3 Å². The van der Waals surface area contributed by atoms with Gasteiger partial charge in [-0.15, -0.1) is 6.42 Å². The lowest BCUT2D eigenvalue weighted by atomic mass is 10.0. The highest BCUT2D eigenvalue weighted by Crippen LogP contribution is 2.09. The highest BCUT2D eigenvalue weighted by Gasteiger charge is 2.19. The molecule has 0 aliphatic rings.